The summed E-state index contributed by atoms with van der Waals surface area (Å²) >= 11 is 0. The molecule has 0 amide bonds. The average molecular weight is 110 g/mol. The molecule has 0 aromatic heterocycles. The van der Waals surface area contributed by atoms with E-state index in [-0.39, 0.29) is 35.6 Å². The third kappa shape index (κ3) is 2.29. The van der Waals surface area contributed by atoms with Gasteiger partial charge in [-0.15, -0.1) is 0 Å². The zero-order chi connectivity index (χ0) is 4.57. The minimum absolute atomic E-state index is 0. The molecule has 3 nitrogen and oxygen atoms in total. The summed E-state index contributed by atoms with van der Waals surface area (Å²) in [5, 5.41) is 10.6. The first-order valence-corrected chi connectivity index (χ1v) is 1.77. The van der Waals surface area contributed by atoms with Crippen molar-refractivity contribution in [3.8, 4) is 0 Å². The molecular weight excluding hydrogens is 105 g/mol. The van der Waals surface area contributed by atoms with E-state index in [1.165, 1.54) is 0 Å². The molecule has 7 heavy (non-hydrogen) atoms. The molecule has 1 aliphatic rings. The molecule has 1 heterocycles. The molecule has 4 heteroatoms. The minimum Gasteiger partial charge on any atom is -0.480 e. The van der Waals surface area contributed by atoms with Crippen molar-refractivity contribution in [3.05, 3.63) is 0 Å². The molecule has 0 spiro atoms. The Hall–Kier alpha value is 0.430. The third-order valence-electron chi connectivity index (χ3n) is 0.706. The molecule has 35 valence electrons. The van der Waals surface area contributed by atoms with Crippen LogP contribution in [0, 0.1) is 0 Å². The van der Waals surface area contributed by atoms with Gasteiger partial charge in [-0.05, 0) is 0 Å². The van der Waals surface area contributed by atoms with Gasteiger partial charge in [-0.1, -0.05) is 0 Å². The fourth-order valence-electron chi connectivity index (χ4n) is 0.234. The van der Waals surface area contributed by atoms with E-state index in [0.29, 0.717) is 6.54 Å². The Morgan fingerprint density at radius 2 is 2.29 bits per heavy atom. The Morgan fingerprint density at radius 3 is 2.29 bits per heavy atom. The Bertz CT molecular complexity index is 81.0. The number of rotatable bonds is 1. The zero-order valence-electron chi connectivity index (χ0n) is 4.14. The van der Waals surface area contributed by atoms with Gasteiger partial charge in [-0.25, -0.2) is 0 Å². The van der Waals surface area contributed by atoms with Gasteiger partial charge in [0.25, 0.3) is 0 Å². The molecule has 1 fully saturated rings. The van der Waals surface area contributed by atoms with Crippen LogP contribution in [0.3, 0.4) is 0 Å². The van der Waals surface area contributed by atoms with Gasteiger partial charge < -0.3 is 10.4 Å². The molecule has 1 atom stereocenters. The summed E-state index contributed by atoms with van der Waals surface area (Å²) in [6, 6.07) is -0.231. The first-order valence-electron chi connectivity index (χ1n) is 1.77. The maximum atomic E-state index is 9.70. The molecule has 1 radical (unpaired) electrons. The van der Waals surface area contributed by atoms with E-state index in [1.54, 1.807) is 0 Å². The second-order valence-corrected chi connectivity index (χ2v) is 1.30. The van der Waals surface area contributed by atoms with Crippen LogP contribution >= 0.6 is 0 Å². The molecule has 0 aliphatic carbocycles. The van der Waals surface area contributed by atoms with Crippen LogP contribution in [0.15, 0.2) is 0 Å². The SMILES string of the molecule is O=C(O)C1CN1.[Na]. The normalized spacial score (nSPS) is 25.4. The first-order chi connectivity index (χ1) is 2.80. The van der Waals surface area contributed by atoms with Crippen LogP contribution in [0.4, 0.5) is 0 Å². The number of nitrogens with one attached hydrogen (secondary N) is 1. The topological polar surface area (TPSA) is 59.2 Å². The molecule has 1 rings (SSSR count). The first kappa shape index (κ1) is 7.43. The van der Waals surface area contributed by atoms with Crippen LogP contribution in [0.2, 0.25) is 0 Å². The van der Waals surface area contributed by atoms with E-state index in [2.05, 4.69) is 5.32 Å². The smallest absolute Gasteiger partial charge is 0.322 e. The van der Waals surface area contributed by atoms with Crippen molar-refractivity contribution in [1.82, 2.24) is 5.32 Å². The van der Waals surface area contributed by atoms with E-state index in [9.17, 15) is 4.79 Å². The van der Waals surface area contributed by atoms with E-state index in [1.807, 2.05) is 0 Å². The van der Waals surface area contributed by atoms with Crippen molar-refractivity contribution in [2.24, 2.45) is 0 Å². The van der Waals surface area contributed by atoms with Crippen LogP contribution in [0.1, 0.15) is 0 Å². The fraction of sp³-hybridized carbons (Fsp3) is 0.667. The van der Waals surface area contributed by atoms with Crippen LogP contribution < -0.4 is 5.32 Å². The summed E-state index contributed by atoms with van der Waals surface area (Å²) in [5.74, 6) is -0.741. The number of aliphatic carboxylic acids is 1. The van der Waals surface area contributed by atoms with Crippen molar-refractivity contribution in [2.75, 3.05) is 6.54 Å². The molecule has 2 N–H and O–H groups in total. The van der Waals surface area contributed by atoms with Crippen molar-refractivity contribution in [1.29, 1.82) is 0 Å². The Kier molecular flexibility index (Phi) is 2.83. The van der Waals surface area contributed by atoms with Gasteiger partial charge in [0.05, 0.1) is 0 Å². The number of hydrogen-bond donors (Lipinski definition) is 2. The van der Waals surface area contributed by atoms with Crippen molar-refractivity contribution in [2.45, 2.75) is 6.04 Å². The third-order valence-corrected chi connectivity index (χ3v) is 0.706. The molecular formula is C3H5NNaO2. The monoisotopic (exact) mass is 110 g/mol. The fourth-order valence-corrected chi connectivity index (χ4v) is 0.234. The van der Waals surface area contributed by atoms with Gasteiger partial charge in [-0.3, -0.25) is 4.79 Å². The molecule has 1 unspecified atom stereocenters. The maximum absolute atomic E-state index is 9.70. The second kappa shape index (κ2) is 2.67. The number of hydrogen-bond acceptors (Lipinski definition) is 2. The Morgan fingerprint density at radius 1 is 1.86 bits per heavy atom. The Labute approximate surface area is 63.4 Å². The van der Waals surface area contributed by atoms with Crippen LogP contribution in [-0.2, 0) is 4.79 Å². The molecule has 0 saturated carbocycles. The molecule has 0 bridgehead atoms. The number of carbonyl (C=O) groups is 1. The van der Waals surface area contributed by atoms with Crippen molar-refractivity contribution >= 4 is 35.5 Å². The van der Waals surface area contributed by atoms with Gasteiger partial charge in [0.15, 0.2) is 0 Å². The summed E-state index contributed by atoms with van der Waals surface area (Å²) in [6.45, 7) is 0.648. The largest absolute Gasteiger partial charge is 0.480 e. The van der Waals surface area contributed by atoms with Gasteiger partial charge in [0.2, 0.25) is 0 Å². The predicted molar refractivity (Wildman–Crippen MR) is 25.2 cm³/mol. The summed E-state index contributed by atoms with van der Waals surface area (Å²) in [4.78, 5) is 9.70. The minimum atomic E-state index is -0.741. The van der Waals surface area contributed by atoms with Crippen LogP contribution in [0.25, 0.3) is 0 Å². The number of carboxylic acids is 1. The van der Waals surface area contributed by atoms with Gasteiger partial charge >= 0.3 is 5.97 Å². The quantitative estimate of drug-likeness (QED) is 0.324. The van der Waals surface area contributed by atoms with E-state index < -0.39 is 5.97 Å². The Balaban J connectivity index is 0.000000360. The van der Waals surface area contributed by atoms with Crippen LogP contribution in [-0.4, -0.2) is 53.2 Å². The van der Waals surface area contributed by atoms with E-state index in [4.69, 9.17) is 5.11 Å². The second-order valence-electron chi connectivity index (χ2n) is 1.30. The number of carboxylic acid groups (broad SMARTS) is 1. The molecule has 0 aromatic rings. The van der Waals surface area contributed by atoms with Crippen molar-refractivity contribution < 1.29 is 9.90 Å². The van der Waals surface area contributed by atoms with Crippen LogP contribution in [0.5, 0.6) is 0 Å². The molecule has 0 aromatic carbocycles. The molecule has 1 aliphatic heterocycles. The summed E-state index contributed by atoms with van der Waals surface area (Å²) < 4.78 is 0. The summed E-state index contributed by atoms with van der Waals surface area (Å²) in [7, 11) is 0. The van der Waals surface area contributed by atoms with E-state index in [0.717, 1.165) is 0 Å². The van der Waals surface area contributed by atoms with Gasteiger partial charge in [-0.2, -0.15) is 0 Å². The maximum Gasteiger partial charge on any atom is 0.322 e. The zero-order valence-corrected chi connectivity index (χ0v) is 6.14. The van der Waals surface area contributed by atoms with Gasteiger partial charge in [0.1, 0.15) is 6.04 Å². The van der Waals surface area contributed by atoms with Gasteiger partial charge in [0, 0.05) is 36.1 Å². The predicted octanol–water partition coefficient (Wildman–Crippen LogP) is -1.34. The standard InChI is InChI=1S/C3H5NO2.Na/c5-3(6)2-1-4-2;/h2,4H,1H2,(H,5,6);. The molecule has 1 saturated heterocycles. The summed E-state index contributed by atoms with van der Waals surface area (Å²) in [6.07, 6.45) is 0. The average Bonchev–Trinajstić information content (AvgIpc) is 2.06. The van der Waals surface area contributed by atoms with E-state index >= 15 is 0 Å². The summed E-state index contributed by atoms with van der Waals surface area (Å²) in [5.41, 5.74) is 0. The van der Waals surface area contributed by atoms with Crippen molar-refractivity contribution in [3.63, 3.8) is 0 Å².